The van der Waals surface area contributed by atoms with Gasteiger partial charge in [-0.3, -0.25) is 9.69 Å². The van der Waals surface area contributed by atoms with Gasteiger partial charge >= 0.3 is 6.03 Å². The minimum Gasteiger partial charge on any atom is -0.497 e. The van der Waals surface area contributed by atoms with E-state index >= 15 is 0 Å². The molecule has 176 valence electrons. The van der Waals surface area contributed by atoms with Gasteiger partial charge in [0.05, 0.1) is 19.2 Å². The Bertz CT molecular complexity index is 1150. The standard InChI is InChI=1S/C28H29FN2O3/c1-19-27(21-8-5-4-6-9-21)31(28(33)30(19)2)26(32)18-23(22-10-7-11-24(29)17-22)16-20-12-14-25(34-3)15-13-20/h4-15,17,19,23,27H,16,18H2,1-3H3. The Kier molecular flexibility index (Phi) is 6.96. The highest BCUT2D eigenvalue weighted by Crippen LogP contribution is 2.36. The lowest BCUT2D eigenvalue weighted by molar-refractivity contribution is -0.129. The fourth-order valence-electron chi connectivity index (χ4n) is 4.65. The van der Waals surface area contributed by atoms with Crippen molar-refractivity contribution in [3.63, 3.8) is 0 Å². The molecular formula is C28H29FN2O3. The fourth-order valence-corrected chi connectivity index (χ4v) is 4.65. The summed E-state index contributed by atoms with van der Waals surface area (Å²) in [5.41, 5.74) is 2.65. The Labute approximate surface area is 199 Å². The van der Waals surface area contributed by atoms with Gasteiger partial charge in [-0.15, -0.1) is 0 Å². The van der Waals surface area contributed by atoms with Gasteiger partial charge in [-0.05, 0) is 60.2 Å². The molecule has 0 aromatic heterocycles. The second-order valence-corrected chi connectivity index (χ2v) is 8.76. The summed E-state index contributed by atoms with van der Waals surface area (Å²) in [6, 6.07) is 22.7. The largest absolute Gasteiger partial charge is 0.497 e. The molecule has 4 rings (SSSR count). The summed E-state index contributed by atoms with van der Waals surface area (Å²) in [6.07, 6.45) is 0.619. The number of urea groups is 1. The van der Waals surface area contributed by atoms with E-state index in [9.17, 15) is 14.0 Å². The zero-order valence-electron chi connectivity index (χ0n) is 19.6. The molecule has 1 aliphatic heterocycles. The van der Waals surface area contributed by atoms with Gasteiger partial charge < -0.3 is 9.64 Å². The zero-order valence-corrected chi connectivity index (χ0v) is 19.6. The summed E-state index contributed by atoms with van der Waals surface area (Å²) < 4.78 is 19.3. The van der Waals surface area contributed by atoms with Crippen molar-refractivity contribution in [3.05, 3.63) is 101 Å². The number of likely N-dealkylation sites (N-methyl/N-ethyl adjacent to an activating group) is 1. The van der Waals surface area contributed by atoms with Crippen LogP contribution in [-0.2, 0) is 11.2 Å². The van der Waals surface area contributed by atoms with E-state index < -0.39 is 0 Å². The number of carbonyl (C=O) groups is 2. The third kappa shape index (κ3) is 4.81. The Morgan fingerprint density at radius 1 is 1.03 bits per heavy atom. The van der Waals surface area contributed by atoms with Crippen molar-refractivity contribution in [2.75, 3.05) is 14.2 Å². The predicted molar refractivity (Wildman–Crippen MR) is 129 cm³/mol. The first-order chi connectivity index (χ1) is 16.4. The van der Waals surface area contributed by atoms with Crippen LogP contribution in [-0.4, -0.2) is 41.9 Å². The molecule has 0 spiro atoms. The van der Waals surface area contributed by atoms with Crippen LogP contribution in [0.2, 0.25) is 0 Å². The predicted octanol–water partition coefficient (Wildman–Crippen LogP) is 5.57. The number of halogens is 1. The number of benzene rings is 3. The highest BCUT2D eigenvalue weighted by atomic mass is 19.1. The van der Waals surface area contributed by atoms with Crippen LogP contribution in [0.1, 0.15) is 42.0 Å². The molecule has 3 unspecified atom stereocenters. The maximum atomic E-state index is 14.1. The van der Waals surface area contributed by atoms with Crippen LogP contribution in [0.3, 0.4) is 0 Å². The smallest absolute Gasteiger partial charge is 0.327 e. The van der Waals surface area contributed by atoms with Gasteiger partial charge in [-0.25, -0.2) is 9.18 Å². The second-order valence-electron chi connectivity index (χ2n) is 8.76. The first-order valence-corrected chi connectivity index (χ1v) is 11.4. The highest BCUT2D eigenvalue weighted by Gasteiger charge is 2.45. The summed E-state index contributed by atoms with van der Waals surface area (Å²) in [4.78, 5) is 29.7. The molecule has 1 fully saturated rings. The maximum Gasteiger partial charge on any atom is 0.327 e. The number of methoxy groups -OCH3 is 1. The van der Waals surface area contributed by atoms with E-state index in [0.717, 1.165) is 22.4 Å². The zero-order chi connectivity index (χ0) is 24.2. The second kappa shape index (κ2) is 10.1. The molecule has 0 saturated carbocycles. The van der Waals surface area contributed by atoms with E-state index in [1.165, 1.54) is 17.0 Å². The van der Waals surface area contributed by atoms with Crippen LogP contribution in [0.4, 0.5) is 9.18 Å². The molecule has 1 saturated heterocycles. The number of hydrogen-bond donors (Lipinski definition) is 0. The SMILES string of the molecule is COc1ccc(CC(CC(=O)N2C(=O)N(C)C(C)C2c2ccccc2)c2cccc(F)c2)cc1. The first kappa shape index (κ1) is 23.5. The molecule has 3 atom stereocenters. The lowest BCUT2D eigenvalue weighted by Crippen LogP contribution is -2.37. The Morgan fingerprint density at radius 2 is 1.74 bits per heavy atom. The van der Waals surface area contributed by atoms with E-state index in [4.69, 9.17) is 4.74 Å². The van der Waals surface area contributed by atoms with E-state index in [-0.39, 0.29) is 42.2 Å². The minimum atomic E-state index is -0.375. The van der Waals surface area contributed by atoms with Gasteiger partial charge in [-0.2, -0.15) is 0 Å². The van der Waals surface area contributed by atoms with Gasteiger partial charge in [0, 0.05) is 13.5 Å². The molecule has 3 aromatic carbocycles. The molecule has 5 nitrogen and oxygen atoms in total. The molecule has 3 amide bonds. The third-order valence-electron chi connectivity index (χ3n) is 6.65. The van der Waals surface area contributed by atoms with Gasteiger partial charge in [0.15, 0.2) is 0 Å². The van der Waals surface area contributed by atoms with Crippen molar-refractivity contribution in [1.29, 1.82) is 0 Å². The molecule has 6 heteroatoms. The van der Waals surface area contributed by atoms with Gasteiger partial charge in [0.2, 0.25) is 5.91 Å². The number of rotatable bonds is 7. The number of carbonyl (C=O) groups excluding carboxylic acids is 2. The average Bonchev–Trinajstić information content (AvgIpc) is 3.08. The van der Waals surface area contributed by atoms with Crippen LogP contribution < -0.4 is 4.74 Å². The molecule has 1 heterocycles. The quantitative estimate of drug-likeness (QED) is 0.463. The van der Waals surface area contributed by atoms with Crippen molar-refractivity contribution in [3.8, 4) is 5.75 Å². The summed E-state index contributed by atoms with van der Waals surface area (Å²) in [5.74, 6) is -0.162. The number of ether oxygens (including phenoxy) is 1. The molecular weight excluding hydrogens is 431 g/mol. The van der Waals surface area contributed by atoms with Crippen LogP contribution in [0.15, 0.2) is 78.9 Å². The molecule has 0 N–H and O–H groups in total. The molecule has 34 heavy (non-hydrogen) atoms. The molecule has 0 bridgehead atoms. The van der Waals surface area contributed by atoms with E-state index in [2.05, 4.69) is 0 Å². The van der Waals surface area contributed by atoms with Crippen molar-refractivity contribution in [2.45, 2.75) is 37.8 Å². The minimum absolute atomic E-state index is 0.0884. The van der Waals surface area contributed by atoms with Crippen LogP contribution in [0.5, 0.6) is 5.75 Å². The van der Waals surface area contributed by atoms with E-state index in [0.29, 0.717) is 6.42 Å². The molecule has 1 aliphatic rings. The van der Waals surface area contributed by atoms with Crippen LogP contribution in [0.25, 0.3) is 0 Å². The van der Waals surface area contributed by atoms with Crippen molar-refractivity contribution >= 4 is 11.9 Å². The van der Waals surface area contributed by atoms with Gasteiger partial charge in [0.1, 0.15) is 11.6 Å². The van der Waals surface area contributed by atoms with Crippen molar-refractivity contribution in [1.82, 2.24) is 9.80 Å². The fraction of sp³-hybridized carbons (Fsp3) is 0.286. The highest BCUT2D eigenvalue weighted by molar-refractivity contribution is 5.97. The normalized spacial score (nSPS) is 18.8. The van der Waals surface area contributed by atoms with Crippen LogP contribution >= 0.6 is 0 Å². The number of amides is 3. The topological polar surface area (TPSA) is 49.9 Å². The van der Waals surface area contributed by atoms with Crippen molar-refractivity contribution < 1.29 is 18.7 Å². The first-order valence-electron chi connectivity index (χ1n) is 11.4. The van der Waals surface area contributed by atoms with Gasteiger partial charge in [-0.1, -0.05) is 54.6 Å². The van der Waals surface area contributed by atoms with Gasteiger partial charge in [0.25, 0.3) is 0 Å². The molecule has 0 aliphatic carbocycles. The maximum absolute atomic E-state index is 14.1. The Morgan fingerprint density at radius 3 is 2.38 bits per heavy atom. The molecule has 3 aromatic rings. The lowest BCUT2D eigenvalue weighted by atomic mass is 9.88. The average molecular weight is 461 g/mol. The third-order valence-corrected chi connectivity index (χ3v) is 6.65. The number of hydrogen-bond acceptors (Lipinski definition) is 3. The van der Waals surface area contributed by atoms with E-state index in [1.807, 2.05) is 67.6 Å². The monoisotopic (exact) mass is 460 g/mol. The van der Waals surface area contributed by atoms with Crippen molar-refractivity contribution in [2.24, 2.45) is 0 Å². The Hall–Kier alpha value is -3.67. The lowest BCUT2D eigenvalue weighted by Gasteiger charge is -2.26. The van der Waals surface area contributed by atoms with E-state index in [1.54, 1.807) is 25.1 Å². The summed E-state index contributed by atoms with van der Waals surface area (Å²) in [6.45, 7) is 1.95. The number of imide groups is 1. The molecule has 0 radical (unpaired) electrons. The summed E-state index contributed by atoms with van der Waals surface area (Å²) in [7, 11) is 3.33. The summed E-state index contributed by atoms with van der Waals surface area (Å²) >= 11 is 0. The summed E-state index contributed by atoms with van der Waals surface area (Å²) in [5, 5.41) is 0. The Balaban J connectivity index is 1.64. The van der Waals surface area contributed by atoms with Crippen LogP contribution in [0, 0.1) is 5.82 Å². The number of nitrogens with zero attached hydrogens (tertiary/aromatic N) is 2.